The number of nitrogens with zero attached hydrogens (tertiary/aromatic N) is 2. The van der Waals surface area contributed by atoms with Gasteiger partial charge in [0, 0.05) is 18.7 Å². The van der Waals surface area contributed by atoms with Gasteiger partial charge in [0.05, 0.1) is 5.69 Å². The lowest BCUT2D eigenvalue weighted by Gasteiger charge is -2.26. The number of aromatic nitrogens is 2. The molecule has 1 rings (SSSR count). The van der Waals surface area contributed by atoms with Crippen LogP contribution in [0, 0.1) is 12.8 Å². The Kier molecular flexibility index (Phi) is 6.83. The Morgan fingerprint density at radius 3 is 2.26 bits per heavy atom. The van der Waals surface area contributed by atoms with E-state index in [2.05, 4.69) is 24.4 Å². The van der Waals surface area contributed by atoms with Gasteiger partial charge in [-0.05, 0) is 32.1 Å². The van der Waals surface area contributed by atoms with Gasteiger partial charge in [-0.15, -0.1) is 0 Å². The van der Waals surface area contributed by atoms with E-state index in [-0.39, 0.29) is 6.04 Å². The molecule has 1 aromatic heterocycles. The zero-order valence-electron chi connectivity index (χ0n) is 12.5. The molecule has 0 aliphatic heterocycles. The first-order chi connectivity index (χ1) is 9.04. The molecule has 3 N–H and O–H groups in total. The summed E-state index contributed by atoms with van der Waals surface area (Å²) < 4.78 is 1.73. The lowest BCUT2D eigenvalue weighted by atomic mass is 9.87. The van der Waals surface area contributed by atoms with Gasteiger partial charge in [0.25, 0.3) is 0 Å². The van der Waals surface area contributed by atoms with E-state index in [0.29, 0.717) is 5.92 Å². The lowest BCUT2D eigenvalue weighted by molar-refractivity contribution is 0.311. The molecule has 19 heavy (non-hydrogen) atoms. The van der Waals surface area contributed by atoms with Crippen LogP contribution in [-0.2, 0) is 13.5 Å². The molecule has 0 amide bonds. The summed E-state index contributed by atoms with van der Waals surface area (Å²) in [5, 5.41) is 5.09. The zero-order valence-corrected chi connectivity index (χ0v) is 13.3. The molecule has 0 saturated carbocycles. The van der Waals surface area contributed by atoms with Crippen molar-refractivity contribution in [3.05, 3.63) is 16.4 Å². The molecule has 0 bridgehead atoms. The van der Waals surface area contributed by atoms with Gasteiger partial charge in [0.1, 0.15) is 5.15 Å². The summed E-state index contributed by atoms with van der Waals surface area (Å²) in [6.07, 6.45) is 5.60. The van der Waals surface area contributed by atoms with E-state index >= 15 is 0 Å². The molecule has 1 unspecified atom stereocenters. The van der Waals surface area contributed by atoms with E-state index in [4.69, 9.17) is 17.4 Å². The third-order valence-corrected chi connectivity index (χ3v) is 4.27. The van der Waals surface area contributed by atoms with Crippen LogP contribution in [0.2, 0.25) is 5.15 Å². The maximum atomic E-state index is 6.31. The molecule has 0 saturated heterocycles. The molecule has 0 aliphatic rings. The molecule has 0 fully saturated rings. The maximum Gasteiger partial charge on any atom is 0.130 e. The number of halogens is 1. The summed E-state index contributed by atoms with van der Waals surface area (Å²) in [6.45, 7) is 6.44. The summed E-state index contributed by atoms with van der Waals surface area (Å²) >= 11 is 6.31. The van der Waals surface area contributed by atoms with Crippen molar-refractivity contribution in [3.63, 3.8) is 0 Å². The van der Waals surface area contributed by atoms with Crippen molar-refractivity contribution in [1.29, 1.82) is 0 Å². The van der Waals surface area contributed by atoms with Crippen LogP contribution in [0.25, 0.3) is 0 Å². The first kappa shape index (κ1) is 16.5. The van der Waals surface area contributed by atoms with Crippen molar-refractivity contribution < 1.29 is 0 Å². The molecule has 1 heterocycles. The van der Waals surface area contributed by atoms with Gasteiger partial charge in [-0.2, -0.15) is 5.10 Å². The van der Waals surface area contributed by atoms with E-state index < -0.39 is 0 Å². The summed E-state index contributed by atoms with van der Waals surface area (Å²) in [5.41, 5.74) is 5.10. The first-order valence-electron chi connectivity index (χ1n) is 7.19. The monoisotopic (exact) mass is 286 g/mol. The standard InChI is InChI=1S/C14H27ClN4/c1-5-7-11(8-6-2)13(17-16)9-12-10(3)18-19(4)14(12)15/h11,13,17H,5-9,16H2,1-4H3. The third-order valence-electron chi connectivity index (χ3n) is 3.80. The third kappa shape index (κ3) is 4.20. The molecular formula is C14H27ClN4. The minimum atomic E-state index is 0.264. The lowest BCUT2D eigenvalue weighted by Crippen LogP contribution is -2.42. The Labute approximate surface area is 121 Å². The number of nitrogens with two attached hydrogens (primary N) is 1. The van der Waals surface area contributed by atoms with Gasteiger partial charge >= 0.3 is 0 Å². The second-order valence-electron chi connectivity index (χ2n) is 5.29. The minimum Gasteiger partial charge on any atom is -0.271 e. The largest absolute Gasteiger partial charge is 0.271 e. The minimum absolute atomic E-state index is 0.264. The van der Waals surface area contributed by atoms with Crippen LogP contribution in [0.3, 0.4) is 0 Å². The number of hydrogen-bond acceptors (Lipinski definition) is 3. The average molecular weight is 287 g/mol. The SMILES string of the molecule is CCCC(CCC)C(Cc1c(C)nn(C)c1Cl)NN. The Hall–Kier alpha value is -0.580. The predicted molar refractivity (Wildman–Crippen MR) is 81.1 cm³/mol. The van der Waals surface area contributed by atoms with Crippen molar-refractivity contribution in [3.8, 4) is 0 Å². The Bertz CT molecular complexity index is 383. The van der Waals surface area contributed by atoms with Crippen LogP contribution in [0.15, 0.2) is 0 Å². The van der Waals surface area contributed by atoms with Crippen molar-refractivity contribution in [2.45, 2.75) is 58.9 Å². The second kappa shape index (κ2) is 7.88. The van der Waals surface area contributed by atoms with E-state index in [9.17, 15) is 0 Å². The number of hydrogen-bond donors (Lipinski definition) is 2. The van der Waals surface area contributed by atoms with Gasteiger partial charge in [0.2, 0.25) is 0 Å². The molecular weight excluding hydrogens is 260 g/mol. The number of aryl methyl sites for hydroxylation is 2. The smallest absolute Gasteiger partial charge is 0.130 e. The van der Waals surface area contributed by atoms with E-state index in [1.54, 1.807) is 4.68 Å². The van der Waals surface area contributed by atoms with Gasteiger partial charge in [-0.3, -0.25) is 16.0 Å². The molecule has 1 atom stereocenters. The predicted octanol–water partition coefficient (Wildman–Crippen LogP) is 2.97. The highest BCUT2D eigenvalue weighted by atomic mass is 35.5. The second-order valence-corrected chi connectivity index (χ2v) is 5.65. The highest BCUT2D eigenvalue weighted by molar-refractivity contribution is 6.30. The highest BCUT2D eigenvalue weighted by Gasteiger charge is 2.23. The fraction of sp³-hybridized carbons (Fsp3) is 0.786. The van der Waals surface area contributed by atoms with Crippen LogP contribution in [0.5, 0.6) is 0 Å². The van der Waals surface area contributed by atoms with E-state index in [1.807, 2.05) is 14.0 Å². The molecule has 0 aromatic carbocycles. The Balaban J connectivity index is 2.84. The summed E-state index contributed by atoms with van der Waals surface area (Å²) in [7, 11) is 1.87. The summed E-state index contributed by atoms with van der Waals surface area (Å²) in [4.78, 5) is 0. The molecule has 0 spiro atoms. The summed E-state index contributed by atoms with van der Waals surface area (Å²) in [6, 6.07) is 0.264. The van der Waals surface area contributed by atoms with Crippen LogP contribution in [-0.4, -0.2) is 15.8 Å². The molecule has 5 heteroatoms. The number of rotatable bonds is 8. The van der Waals surface area contributed by atoms with Crippen molar-refractivity contribution in [1.82, 2.24) is 15.2 Å². The van der Waals surface area contributed by atoms with Gasteiger partial charge < -0.3 is 0 Å². The average Bonchev–Trinajstić information content (AvgIpc) is 2.61. The van der Waals surface area contributed by atoms with Crippen LogP contribution < -0.4 is 11.3 Å². The van der Waals surface area contributed by atoms with Gasteiger partial charge in [-0.25, -0.2) is 0 Å². The Morgan fingerprint density at radius 1 is 1.32 bits per heavy atom. The molecule has 4 nitrogen and oxygen atoms in total. The van der Waals surface area contributed by atoms with Crippen LogP contribution in [0.4, 0.5) is 0 Å². The number of nitrogens with one attached hydrogen (secondary N) is 1. The fourth-order valence-corrected chi connectivity index (χ4v) is 3.03. The van der Waals surface area contributed by atoms with Crippen molar-refractivity contribution in [2.24, 2.45) is 18.8 Å². The van der Waals surface area contributed by atoms with Crippen LogP contribution in [0.1, 0.15) is 50.8 Å². The van der Waals surface area contributed by atoms with Gasteiger partial charge in [0.15, 0.2) is 0 Å². The highest BCUT2D eigenvalue weighted by Crippen LogP contribution is 2.25. The van der Waals surface area contributed by atoms with Gasteiger partial charge in [-0.1, -0.05) is 38.3 Å². The topological polar surface area (TPSA) is 55.9 Å². The van der Waals surface area contributed by atoms with E-state index in [1.165, 1.54) is 25.7 Å². The van der Waals surface area contributed by atoms with Crippen LogP contribution >= 0.6 is 11.6 Å². The molecule has 0 radical (unpaired) electrons. The summed E-state index contributed by atoms with van der Waals surface area (Å²) in [5.74, 6) is 6.36. The Morgan fingerprint density at radius 2 is 1.89 bits per heavy atom. The zero-order chi connectivity index (χ0) is 14.4. The normalized spacial score (nSPS) is 13.2. The molecule has 1 aromatic rings. The fourth-order valence-electron chi connectivity index (χ4n) is 2.78. The van der Waals surface area contributed by atoms with E-state index in [0.717, 1.165) is 22.8 Å². The van der Waals surface area contributed by atoms with Crippen molar-refractivity contribution in [2.75, 3.05) is 0 Å². The molecule has 110 valence electrons. The number of hydrazine groups is 1. The van der Waals surface area contributed by atoms with Crippen molar-refractivity contribution >= 4 is 11.6 Å². The maximum absolute atomic E-state index is 6.31. The first-order valence-corrected chi connectivity index (χ1v) is 7.56. The quantitative estimate of drug-likeness (QED) is 0.571. The molecule has 0 aliphatic carbocycles.